The van der Waals surface area contributed by atoms with E-state index < -0.39 is 16.4 Å². The van der Waals surface area contributed by atoms with Gasteiger partial charge in [0.25, 0.3) is 0 Å². The Bertz CT molecular complexity index is 493. The van der Waals surface area contributed by atoms with Crippen molar-refractivity contribution < 1.29 is 9.31 Å². The standard InChI is InChI=1S/C15H21FN2O2/c1-10-3-5-14(17-2)12(7-10)8-11-4-6-15(18(19)20)13(16)9-11/h4,6,9-10,12,14,17H,3,5,7-8H2,1-2H3. The first-order valence-corrected chi connectivity index (χ1v) is 7.11. The van der Waals surface area contributed by atoms with Crippen LogP contribution in [0.1, 0.15) is 31.7 Å². The fourth-order valence-electron chi connectivity index (χ4n) is 3.23. The minimum Gasteiger partial charge on any atom is -0.317 e. The molecule has 2 rings (SSSR count). The molecule has 5 heteroatoms. The summed E-state index contributed by atoms with van der Waals surface area (Å²) >= 11 is 0. The molecule has 0 saturated heterocycles. The summed E-state index contributed by atoms with van der Waals surface area (Å²) in [4.78, 5) is 9.94. The molecule has 1 aliphatic rings. The SMILES string of the molecule is CNC1CCC(C)CC1Cc1ccc([N+](=O)[O-])c(F)c1. The van der Waals surface area contributed by atoms with E-state index in [1.165, 1.54) is 18.6 Å². The fraction of sp³-hybridized carbons (Fsp3) is 0.600. The summed E-state index contributed by atoms with van der Waals surface area (Å²) in [6, 6.07) is 4.70. The van der Waals surface area contributed by atoms with Crippen molar-refractivity contribution in [2.24, 2.45) is 11.8 Å². The number of nitrogens with zero attached hydrogens (tertiary/aromatic N) is 1. The Kier molecular flexibility index (Phi) is 4.70. The molecule has 1 aliphatic carbocycles. The van der Waals surface area contributed by atoms with Crippen LogP contribution in [0.25, 0.3) is 0 Å². The molecule has 1 aromatic carbocycles. The number of benzene rings is 1. The number of nitrogens with one attached hydrogen (secondary N) is 1. The van der Waals surface area contributed by atoms with E-state index in [4.69, 9.17) is 0 Å². The van der Waals surface area contributed by atoms with E-state index in [1.54, 1.807) is 6.07 Å². The molecule has 1 aromatic rings. The van der Waals surface area contributed by atoms with Crippen LogP contribution in [0.3, 0.4) is 0 Å². The van der Waals surface area contributed by atoms with Gasteiger partial charge >= 0.3 is 5.69 Å². The molecule has 110 valence electrons. The second-order valence-electron chi connectivity index (χ2n) is 5.82. The first kappa shape index (κ1) is 14.9. The van der Waals surface area contributed by atoms with E-state index in [0.717, 1.165) is 24.8 Å². The monoisotopic (exact) mass is 280 g/mol. The summed E-state index contributed by atoms with van der Waals surface area (Å²) in [5.41, 5.74) is 0.392. The lowest BCUT2D eigenvalue weighted by Crippen LogP contribution is -2.39. The van der Waals surface area contributed by atoms with Gasteiger partial charge in [0.2, 0.25) is 5.82 Å². The maximum absolute atomic E-state index is 13.7. The Morgan fingerprint density at radius 3 is 2.80 bits per heavy atom. The van der Waals surface area contributed by atoms with Crippen LogP contribution in [0.5, 0.6) is 0 Å². The molecular formula is C15H21FN2O2. The van der Waals surface area contributed by atoms with E-state index in [0.29, 0.717) is 17.9 Å². The third-order valence-electron chi connectivity index (χ3n) is 4.32. The van der Waals surface area contributed by atoms with Crippen molar-refractivity contribution >= 4 is 5.69 Å². The summed E-state index contributed by atoms with van der Waals surface area (Å²) in [6.07, 6.45) is 4.24. The molecule has 1 N–H and O–H groups in total. The zero-order valence-corrected chi connectivity index (χ0v) is 11.9. The van der Waals surface area contributed by atoms with Gasteiger partial charge in [-0.05, 0) is 56.2 Å². The number of halogens is 1. The summed E-state index contributed by atoms with van der Waals surface area (Å²) in [7, 11) is 1.96. The van der Waals surface area contributed by atoms with E-state index in [9.17, 15) is 14.5 Å². The minimum atomic E-state index is -0.739. The molecule has 0 spiro atoms. The van der Waals surface area contributed by atoms with E-state index in [-0.39, 0.29) is 0 Å². The first-order chi connectivity index (χ1) is 9.51. The zero-order chi connectivity index (χ0) is 14.7. The van der Waals surface area contributed by atoms with Crippen molar-refractivity contribution in [2.75, 3.05) is 7.05 Å². The Morgan fingerprint density at radius 1 is 1.45 bits per heavy atom. The van der Waals surface area contributed by atoms with Crippen molar-refractivity contribution in [3.8, 4) is 0 Å². The van der Waals surface area contributed by atoms with Crippen LogP contribution in [0.4, 0.5) is 10.1 Å². The quantitative estimate of drug-likeness (QED) is 0.680. The van der Waals surface area contributed by atoms with Crippen LogP contribution < -0.4 is 5.32 Å². The predicted octanol–water partition coefficient (Wildman–Crippen LogP) is 3.30. The van der Waals surface area contributed by atoms with Crippen molar-refractivity contribution in [3.63, 3.8) is 0 Å². The Hall–Kier alpha value is -1.49. The maximum atomic E-state index is 13.7. The molecule has 0 amide bonds. The average Bonchev–Trinajstić information content (AvgIpc) is 2.38. The van der Waals surface area contributed by atoms with E-state index in [1.807, 2.05) is 7.05 Å². The van der Waals surface area contributed by atoms with Gasteiger partial charge in [-0.15, -0.1) is 0 Å². The highest BCUT2D eigenvalue weighted by molar-refractivity contribution is 5.35. The molecule has 0 bridgehead atoms. The molecule has 0 radical (unpaired) electrons. The highest BCUT2D eigenvalue weighted by Crippen LogP contribution is 2.32. The fourth-order valence-corrected chi connectivity index (χ4v) is 3.23. The second-order valence-corrected chi connectivity index (χ2v) is 5.82. The lowest BCUT2D eigenvalue weighted by molar-refractivity contribution is -0.387. The molecule has 3 unspecified atom stereocenters. The molecule has 1 fully saturated rings. The Labute approximate surface area is 118 Å². The molecule has 1 saturated carbocycles. The van der Waals surface area contributed by atoms with E-state index >= 15 is 0 Å². The van der Waals surface area contributed by atoms with Crippen molar-refractivity contribution in [3.05, 3.63) is 39.7 Å². The predicted molar refractivity (Wildman–Crippen MR) is 76.1 cm³/mol. The molecular weight excluding hydrogens is 259 g/mol. The van der Waals surface area contributed by atoms with Crippen molar-refractivity contribution in [1.29, 1.82) is 0 Å². The highest BCUT2D eigenvalue weighted by atomic mass is 19.1. The van der Waals surface area contributed by atoms with Crippen LogP contribution in [0, 0.1) is 27.8 Å². The number of nitro groups is 1. The molecule has 4 nitrogen and oxygen atoms in total. The lowest BCUT2D eigenvalue weighted by Gasteiger charge is -2.35. The van der Waals surface area contributed by atoms with Gasteiger partial charge in [-0.2, -0.15) is 4.39 Å². The van der Waals surface area contributed by atoms with Gasteiger partial charge in [0.15, 0.2) is 0 Å². The summed E-state index contributed by atoms with van der Waals surface area (Å²) in [5, 5.41) is 14.0. The van der Waals surface area contributed by atoms with Crippen molar-refractivity contribution in [1.82, 2.24) is 5.32 Å². The van der Waals surface area contributed by atoms with Gasteiger partial charge in [-0.3, -0.25) is 10.1 Å². The summed E-state index contributed by atoms with van der Waals surface area (Å²) in [5.74, 6) is 0.412. The number of rotatable bonds is 4. The third kappa shape index (κ3) is 3.33. The molecule has 0 aliphatic heterocycles. The zero-order valence-electron chi connectivity index (χ0n) is 11.9. The van der Waals surface area contributed by atoms with Crippen LogP contribution in [0.2, 0.25) is 0 Å². The lowest BCUT2D eigenvalue weighted by atomic mass is 9.76. The van der Waals surface area contributed by atoms with Gasteiger partial charge in [0.1, 0.15) is 0 Å². The minimum absolute atomic E-state index is 0.448. The summed E-state index contributed by atoms with van der Waals surface area (Å²) in [6.45, 7) is 2.25. The highest BCUT2D eigenvalue weighted by Gasteiger charge is 2.28. The molecule has 0 heterocycles. The van der Waals surface area contributed by atoms with Crippen molar-refractivity contribution in [2.45, 2.75) is 38.6 Å². The molecule has 0 aromatic heterocycles. The largest absolute Gasteiger partial charge is 0.317 e. The maximum Gasteiger partial charge on any atom is 0.304 e. The third-order valence-corrected chi connectivity index (χ3v) is 4.32. The smallest absolute Gasteiger partial charge is 0.304 e. The molecule has 20 heavy (non-hydrogen) atoms. The van der Waals surface area contributed by atoms with Gasteiger partial charge in [0.05, 0.1) is 4.92 Å². The van der Waals surface area contributed by atoms with Crippen LogP contribution in [-0.2, 0) is 6.42 Å². The second kappa shape index (κ2) is 6.31. The first-order valence-electron chi connectivity index (χ1n) is 7.11. The van der Waals surface area contributed by atoms with Gasteiger partial charge in [-0.1, -0.05) is 13.0 Å². The normalized spacial score (nSPS) is 26.4. The van der Waals surface area contributed by atoms with Crippen LogP contribution >= 0.6 is 0 Å². The summed E-state index contributed by atoms with van der Waals surface area (Å²) < 4.78 is 13.7. The van der Waals surface area contributed by atoms with Crippen LogP contribution in [-0.4, -0.2) is 18.0 Å². The van der Waals surface area contributed by atoms with Gasteiger partial charge < -0.3 is 5.32 Å². The Morgan fingerprint density at radius 2 is 2.20 bits per heavy atom. The van der Waals surface area contributed by atoms with Gasteiger partial charge in [0, 0.05) is 12.1 Å². The van der Waals surface area contributed by atoms with Crippen LogP contribution in [0.15, 0.2) is 18.2 Å². The topological polar surface area (TPSA) is 55.2 Å². The van der Waals surface area contributed by atoms with E-state index in [2.05, 4.69) is 12.2 Å². The average molecular weight is 280 g/mol. The number of hydrogen-bond acceptors (Lipinski definition) is 3. The number of nitro benzene ring substituents is 1. The van der Waals surface area contributed by atoms with Gasteiger partial charge in [-0.25, -0.2) is 0 Å². The molecule has 3 atom stereocenters. The Balaban J connectivity index is 2.12. The number of hydrogen-bond donors (Lipinski definition) is 1.